The number of benzene rings is 1. The molecule has 6 heteroatoms. The van der Waals surface area contributed by atoms with Gasteiger partial charge in [-0.2, -0.15) is 0 Å². The molecule has 2 amide bonds. The van der Waals surface area contributed by atoms with Gasteiger partial charge in [0.25, 0.3) is 5.56 Å². The second kappa shape index (κ2) is 6.30. The summed E-state index contributed by atoms with van der Waals surface area (Å²) in [6.45, 7) is 0.412. The maximum Gasteiger partial charge on any atom is 0.316 e. The van der Waals surface area contributed by atoms with Crippen LogP contribution in [-0.2, 0) is 6.42 Å². The van der Waals surface area contributed by atoms with Crippen LogP contribution in [0.4, 0.5) is 4.79 Å². The van der Waals surface area contributed by atoms with Crippen LogP contribution in [0.2, 0.25) is 0 Å². The Labute approximate surface area is 122 Å². The molecule has 21 heavy (non-hydrogen) atoms. The van der Waals surface area contributed by atoms with Crippen LogP contribution in [0.15, 0.2) is 29.1 Å². The molecule has 2 N–H and O–H groups in total. The average molecular weight is 289 g/mol. The molecule has 0 aliphatic heterocycles. The Kier molecular flexibility index (Phi) is 4.47. The van der Waals surface area contributed by atoms with Crippen LogP contribution in [0.5, 0.6) is 5.75 Å². The van der Waals surface area contributed by atoms with Gasteiger partial charge in [-0.25, -0.2) is 4.79 Å². The topological polar surface area (TPSA) is 74.4 Å². The highest BCUT2D eigenvalue weighted by Crippen LogP contribution is 2.18. The van der Waals surface area contributed by atoms with Gasteiger partial charge in [-0.15, -0.1) is 0 Å². The maximum atomic E-state index is 12.0. The smallest absolute Gasteiger partial charge is 0.316 e. The van der Waals surface area contributed by atoms with E-state index < -0.39 is 0 Å². The van der Waals surface area contributed by atoms with E-state index in [0.29, 0.717) is 18.5 Å². The van der Waals surface area contributed by atoms with Gasteiger partial charge in [-0.3, -0.25) is 4.79 Å². The minimum Gasteiger partial charge on any atom is -0.497 e. The number of rotatable bonds is 4. The van der Waals surface area contributed by atoms with E-state index in [9.17, 15) is 9.59 Å². The van der Waals surface area contributed by atoms with E-state index in [-0.39, 0.29) is 11.6 Å². The lowest BCUT2D eigenvalue weighted by atomic mass is 10.1. The van der Waals surface area contributed by atoms with Crippen molar-refractivity contribution >= 4 is 16.9 Å². The molecule has 112 valence electrons. The molecule has 0 fully saturated rings. The SMILES string of the molecule is COc1ccc2[nH]c(=O)c(CCNC(=O)N(C)C)cc2c1. The molecule has 0 saturated heterocycles. The quantitative estimate of drug-likeness (QED) is 0.892. The van der Waals surface area contributed by atoms with Gasteiger partial charge in [0.15, 0.2) is 0 Å². The van der Waals surface area contributed by atoms with Gasteiger partial charge in [0.1, 0.15) is 5.75 Å². The molecule has 2 aromatic rings. The van der Waals surface area contributed by atoms with Crippen molar-refractivity contribution in [2.75, 3.05) is 27.7 Å². The number of nitrogens with zero attached hydrogens (tertiary/aromatic N) is 1. The molecule has 2 rings (SSSR count). The number of hydrogen-bond acceptors (Lipinski definition) is 3. The maximum absolute atomic E-state index is 12.0. The fraction of sp³-hybridized carbons (Fsp3) is 0.333. The van der Waals surface area contributed by atoms with Crippen molar-refractivity contribution in [3.63, 3.8) is 0 Å². The molecule has 0 spiro atoms. The van der Waals surface area contributed by atoms with E-state index in [2.05, 4.69) is 10.3 Å². The van der Waals surface area contributed by atoms with Crippen LogP contribution in [0.3, 0.4) is 0 Å². The van der Waals surface area contributed by atoms with E-state index in [1.54, 1.807) is 27.3 Å². The van der Waals surface area contributed by atoms with Crippen molar-refractivity contribution in [1.82, 2.24) is 15.2 Å². The van der Waals surface area contributed by atoms with Gasteiger partial charge in [0.05, 0.1) is 7.11 Å². The van der Waals surface area contributed by atoms with E-state index in [0.717, 1.165) is 16.7 Å². The number of aromatic nitrogens is 1. The van der Waals surface area contributed by atoms with Crippen molar-refractivity contribution in [3.05, 3.63) is 40.2 Å². The van der Waals surface area contributed by atoms with Gasteiger partial charge in [0.2, 0.25) is 0 Å². The molecule has 0 bridgehead atoms. The molecular weight excluding hydrogens is 270 g/mol. The molecule has 0 aliphatic carbocycles. The number of nitrogens with one attached hydrogen (secondary N) is 2. The molecule has 0 aliphatic rings. The van der Waals surface area contributed by atoms with Crippen LogP contribution >= 0.6 is 0 Å². The third-order valence-corrected chi connectivity index (χ3v) is 3.21. The number of carbonyl (C=O) groups is 1. The number of methoxy groups -OCH3 is 1. The Balaban J connectivity index is 2.17. The summed E-state index contributed by atoms with van der Waals surface area (Å²) in [7, 11) is 4.94. The number of carbonyl (C=O) groups excluding carboxylic acids is 1. The number of amides is 2. The molecule has 0 unspecified atom stereocenters. The summed E-state index contributed by atoms with van der Waals surface area (Å²) in [4.78, 5) is 27.7. The molecule has 1 aromatic heterocycles. The van der Waals surface area contributed by atoms with Gasteiger partial charge >= 0.3 is 6.03 Å². The first kappa shape index (κ1) is 14.9. The van der Waals surface area contributed by atoms with Crippen molar-refractivity contribution in [2.45, 2.75) is 6.42 Å². The summed E-state index contributed by atoms with van der Waals surface area (Å²) in [6.07, 6.45) is 0.474. The Bertz CT molecular complexity index is 707. The monoisotopic (exact) mass is 289 g/mol. The molecule has 0 saturated carbocycles. The lowest BCUT2D eigenvalue weighted by Crippen LogP contribution is -2.36. The Hall–Kier alpha value is -2.50. The molecule has 1 heterocycles. The van der Waals surface area contributed by atoms with E-state index in [1.807, 2.05) is 18.2 Å². The zero-order valence-corrected chi connectivity index (χ0v) is 12.4. The second-order valence-corrected chi connectivity index (χ2v) is 4.95. The van der Waals surface area contributed by atoms with Crippen molar-refractivity contribution in [3.8, 4) is 5.75 Å². The Morgan fingerprint density at radius 3 is 2.76 bits per heavy atom. The summed E-state index contributed by atoms with van der Waals surface area (Å²) in [5, 5.41) is 3.64. The number of fused-ring (bicyclic) bond motifs is 1. The molecule has 0 radical (unpaired) electrons. The second-order valence-electron chi connectivity index (χ2n) is 4.95. The van der Waals surface area contributed by atoms with E-state index in [4.69, 9.17) is 4.74 Å². The van der Waals surface area contributed by atoms with Gasteiger partial charge in [-0.05, 0) is 30.7 Å². The van der Waals surface area contributed by atoms with Crippen LogP contribution < -0.4 is 15.6 Å². The van der Waals surface area contributed by atoms with E-state index in [1.165, 1.54) is 4.90 Å². The van der Waals surface area contributed by atoms with Crippen molar-refractivity contribution < 1.29 is 9.53 Å². The first-order chi connectivity index (χ1) is 10.0. The standard InChI is InChI=1S/C15H19N3O3/c1-18(2)15(20)16-7-6-10-8-11-9-12(21-3)4-5-13(11)17-14(10)19/h4-5,8-9H,6-7H2,1-3H3,(H,16,20)(H,17,19). The van der Waals surface area contributed by atoms with Crippen LogP contribution in [0.1, 0.15) is 5.56 Å². The van der Waals surface area contributed by atoms with Gasteiger partial charge < -0.3 is 19.9 Å². The average Bonchev–Trinajstić information content (AvgIpc) is 2.47. The fourth-order valence-corrected chi connectivity index (χ4v) is 2.00. The van der Waals surface area contributed by atoms with Gasteiger partial charge in [0, 0.05) is 37.1 Å². The number of pyridine rings is 1. The highest BCUT2D eigenvalue weighted by atomic mass is 16.5. The number of H-pyrrole nitrogens is 1. The van der Waals surface area contributed by atoms with Crippen LogP contribution in [-0.4, -0.2) is 43.7 Å². The minimum atomic E-state index is -0.172. The van der Waals surface area contributed by atoms with Crippen LogP contribution in [0.25, 0.3) is 10.9 Å². The first-order valence-corrected chi connectivity index (χ1v) is 6.66. The summed E-state index contributed by atoms with van der Waals surface area (Å²) >= 11 is 0. The predicted octanol–water partition coefficient (Wildman–Crippen LogP) is 1.35. The highest BCUT2D eigenvalue weighted by molar-refractivity contribution is 5.80. The number of hydrogen-bond donors (Lipinski definition) is 2. The normalized spacial score (nSPS) is 10.4. The molecule has 0 atom stereocenters. The minimum absolute atomic E-state index is 0.133. The first-order valence-electron chi connectivity index (χ1n) is 6.66. The number of aromatic amines is 1. The van der Waals surface area contributed by atoms with E-state index >= 15 is 0 Å². The predicted molar refractivity (Wildman–Crippen MR) is 81.9 cm³/mol. The summed E-state index contributed by atoms with van der Waals surface area (Å²) in [6, 6.07) is 7.14. The third kappa shape index (κ3) is 3.53. The fourth-order valence-electron chi connectivity index (χ4n) is 2.00. The van der Waals surface area contributed by atoms with Gasteiger partial charge in [-0.1, -0.05) is 0 Å². The summed E-state index contributed by atoms with van der Waals surface area (Å²) in [5.74, 6) is 0.737. The largest absolute Gasteiger partial charge is 0.497 e. The summed E-state index contributed by atoms with van der Waals surface area (Å²) in [5.41, 5.74) is 1.27. The zero-order chi connectivity index (χ0) is 15.4. The molecular formula is C15H19N3O3. The molecule has 1 aromatic carbocycles. The third-order valence-electron chi connectivity index (χ3n) is 3.21. The lowest BCUT2D eigenvalue weighted by molar-refractivity contribution is 0.217. The Morgan fingerprint density at radius 2 is 2.10 bits per heavy atom. The Morgan fingerprint density at radius 1 is 1.33 bits per heavy atom. The van der Waals surface area contributed by atoms with Crippen molar-refractivity contribution in [1.29, 1.82) is 0 Å². The number of urea groups is 1. The molecule has 6 nitrogen and oxygen atoms in total. The van der Waals surface area contributed by atoms with Crippen molar-refractivity contribution in [2.24, 2.45) is 0 Å². The number of ether oxygens (including phenoxy) is 1. The zero-order valence-electron chi connectivity index (χ0n) is 12.4. The highest BCUT2D eigenvalue weighted by Gasteiger charge is 2.06. The van der Waals surface area contributed by atoms with Crippen LogP contribution in [0, 0.1) is 0 Å². The summed E-state index contributed by atoms with van der Waals surface area (Å²) < 4.78 is 5.18. The lowest BCUT2D eigenvalue weighted by Gasteiger charge is -2.11.